The highest BCUT2D eigenvalue weighted by Gasteiger charge is 2.12. The number of ether oxygens (including phenoxy) is 2. The van der Waals surface area contributed by atoms with Crippen molar-refractivity contribution in [3.05, 3.63) is 62.1 Å². The van der Waals surface area contributed by atoms with Gasteiger partial charge in [0.15, 0.2) is 0 Å². The largest absolute Gasteiger partial charge is 0.496 e. The SMILES string of the molecule is COc1cc(OC)c(/C=C(/C#N)c2cccc([N+](=O)[O-])c2)cc1Br. The summed E-state index contributed by atoms with van der Waals surface area (Å²) >= 11 is 3.39. The molecular weight excluding hydrogens is 376 g/mol. The summed E-state index contributed by atoms with van der Waals surface area (Å²) in [5.41, 5.74) is 1.32. The Bertz CT molecular complexity index is 856. The van der Waals surface area contributed by atoms with Crippen molar-refractivity contribution in [3.8, 4) is 17.6 Å². The Morgan fingerprint density at radius 3 is 2.54 bits per heavy atom. The maximum Gasteiger partial charge on any atom is 0.270 e. The molecule has 24 heavy (non-hydrogen) atoms. The molecule has 0 aromatic heterocycles. The fraction of sp³-hybridized carbons (Fsp3) is 0.118. The van der Waals surface area contributed by atoms with Gasteiger partial charge < -0.3 is 9.47 Å². The third-order valence-electron chi connectivity index (χ3n) is 3.29. The van der Waals surface area contributed by atoms with Crippen molar-refractivity contribution >= 4 is 33.3 Å². The summed E-state index contributed by atoms with van der Waals surface area (Å²) in [6.45, 7) is 0. The van der Waals surface area contributed by atoms with Crippen LogP contribution in [0.3, 0.4) is 0 Å². The number of nitro benzene ring substituents is 1. The number of rotatable bonds is 5. The average molecular weight is 389 g/mol. The molecule has 2 aromatic carbocycles. The van der Waals surface area contributed by atoms with Crippen molar-refractivity contribution in [2.24, 2.45) is 0 Å². The molecule has 0 N–H and O–H groups in total. The van der Waals surface area contributed by atoms with Crippen LogP contribution in [0.4, 0.5) is 5.69 Å². The molecule has 2 rings (SSSR count). The summed E-state index contributed by atoms with van der Waals surface area (Å²) in [7, 11) is 3.05. The molecule has 0 unspecified atom stereocenters. The van der Waals surface area contributed by atoms with Gasteiger partial charge in [-0.2, -0.15) is 5.26 Å². The van der Waals surface area contributed by atoms with Crippen molar-refractivity contribution < 1.29 is 14.4 Å². The van der Waals surface area contributed by atoms with Crippen molar-refractivity contribution in [1.82, 2.24) is 0 Å². The van der Waals surface area contributed by atoms with Crippen LogP contribution in [0.2, 0.25) is 0 Å². The van der Waals surface area contributed by atoms with E-state index in [0.29, 0.717) is 27.1 Å². The fourth-order valence-electron chi connectivity index (χ4n) is 2.12. The summed E-state index contributed by atoms with van der Waals surface area (Å²) in [6, 6.07) is 11.4. The molecule has 0 bridgehead atoms. The van der Waals surface area contributed by atoms with Gasteiger partial charge in [-0.15, -0.1) is 0 Å². The number of methoxy groups -OCH3 is 2. The molecule has 7 heteroatoms. The molecule has 0 saturated heterocycles. The first-order valence-electron chi connectivity index (χ1n) is 6.78. The van der Waals surface area contributed by atoms with Crippen LogP contribution in [0.1, 0.15) is 11.1 Å². The number of hydrogen-bond acceptors (Lipinski definition) is 5. The highest BCUT2D eigenvalue weighted by molar-refractivity contribution is 9.10. The summed E-state index contributed by atoms with van der Waals surface area (Å²) in [6.07, 6.45) is 1.61. The Balaban J connectivity index is 2.56. The van der Waals surface area contributed by atoms with E-state index in [-0.39, 0.29) is 11.3 Å². The standard InChI is InChI=1S/C17H13BrN2O4/c1-23-16-9-17(24-2)15(18)8-12(16)6-13(10-19)11-4-3-5-14(7-11)20(21)22/h3-9H,1-2H3/b13-6-. The lowest BCUT2D eigenvalue weighted by molar-refractivity contribution is -0.384. The van der Waals surface area contributed by atoms with Gasteiger partial charge in [0.2, 0.25) is 0 Å². The van der Waals surface area contributed by atoms with Crippen LogP contribution in [-0.4, -0.2) is 19.1 Å². The van der Waals surface area contributed by atoms with Crippen LogP contribution in [0.5, 0.6) is 11.5 Å². The first-order valence-corrected chi connectivity index (χ1v) is 7.57. The summed E-state index contributed by atoms with van der Waals surface area (Å²) in [5, 5.41) is 20.3. The Labute approximate surface area is 147 Å². The zero-order chi connectivity index (χ0) is 17.7. The van der Waals surface area contributed by atoms with Gasteiger partial charge in [0, 0.05) is 23.8 Å². The highest BCUT2D eigenvalue weighted by Crippen LogP contribution is 2.35. The third kappa shape index (κ3) is 3.73. The normalized spacial score (nSPS) is 10.8. The minimum absolute atomic E-state index is 0.0727. The molecule has 0 aliphatic rings. The van der Waals surface area contributed by atoms with E-state index in [2.05, 4.69) is 22.0 Å². The monoisotopic (exact) mass is 388 g/mol. The van der Waals surface area contributed by atoms with Gasteiger partial charge in [0.05, 0.1) is 35.3 Å². The summed E-state index contributed by atoms with van der Waals surface area (Å²) in [4.78, 5) is 10.4. The number of allylic oxidation sites excluding steroid dienone is 1. The Morgan fingerprint density at radius 2 is 1.96 bits per heavy atom. The van der Waals surface area contributed by atoms with E-state index in [1.807, 2.05) is 0 Å². The molecule has 0 amide bonds. The number of nitriles is 1. The highest BCUT2D eigenvalue weighted by atomic mass is 79.9. The van der Waals surface area contributed by atoms with E-state index in [4.69, 9.17) is 9.47 Å². The van der Waals surface area contributed by atoms with Crippen LogP contribution in [0.25, 0.3) is 11.6 Å². The Kier molecular flexibility index (Phi) is 5.55. The predicted molar refractivity (Wildman–Crippen MR) is 93.8 cm³/mol. The molecule has 0 radical (unpaired) electrons. The number of nitrogens with zero attached hydrogens (tertiary/aromatic N) is 2. The van der Waals surface area contributed by atoms with Crippen LogP contribution in [-0.2, 0) is 0 Å². The van der Waals surface area contributed by atoms with Crippen LogP contribution < -0.4 is 9.47 Å². The molecule has 0 spiro atoms. The minimum atomic E-state index is -0.497. The lowest BCUT2D eigenvalue weighted by Gasteiger charge is -2.10. The van der Waals surface area contributed by atoms with E-state index < -0.39 is 4.92 Å². The average Bonchev–Trinajstić information content (AvgIpc) is 2.59. The van der Waals surface area contributed by atoms with E-state index in [1.165, 1.54) is 19.2 Å². The number of halogens is 1. The fourth-order valence-corrected chi connectivity index (χ4v) is 2.64. The maximum absolute atomic E-state index is 10.9. The van der Waals surface area contributed by atoms with Gasteiger partial charge in [-0.1, -0.05) is 12.1 Å². The second-order valence-corrected chi connectivity index (χ2v) is 5.56. The van der Waals surface area contributed by atoms with Crippen molar-refractivity contribution in [2.75, 3.05) is 14.2 Å². The van der Waals surface area contributed by atoms with Gasteiger partial charge in [-0.05, 0) is 33.6 Å². The van der Waals surface area contributed by atoms with Gasteiger partial charge in [-0.25, -0.2) is 0 Å². The first-order chi connectivity index (χ1) is 11.5. The molecule has 0 heterocycles. The lowest BCUT2D eigenvalue weighted by atomic mass is 10.0. The zero-order valence-corrected chi connectivity index (χ0v) is 14.5. The zero-order valence-electron chi connectivity index (χ0n) is 12.9. The number of hydrogen-bond donors (Lipinski definition) is 0. The lowest BCUT2D eigenvalue weighted by Crippen LogP contribution is -1.93. The number of nitro groups is 1. The van der Waals surface area contributed by atoms with Crippen LogP contribution >= 0.6 is 15.9 Å². The van der Waals surface area contributed by atoms with Gasteiger partial charge in [0.25, 0.3) is 5.69 Å². The molecule has 6 nitrogen and oxygen atoms in total. The van der Waals surface area contributed by atoms with Crippen molar-refractivity contribution in [3.63, 3.8) is 0 Å². The van der Waals surface area contributed by atoms with Gasteiger partial charge >= 0.3 is 0 Å². The smallest absolute Gasteiger partial charge is 0.270 e. The molecule has 0 atom stereocenters. The molecule has 0 aliphatic carbocycles. The molecule has 122 valence electrons. The molecule has 0 saturated carbocycles. The summed E-state index contributed by atoms with van der Waals surface area (Å²) < 4.78 is 11.2. The second kappa shape index (κ2) is 7.62. The molecule has 2 aromatic rings. The van der Waals surface area contributed by atoms with Crippen LogP contribution in [0, 0.1) is 21.4 Å². The first kappa shape index (κ1) is 17.5. The molecule has 0 aliphatic heterocycles. The quantitative estimate of drug-likeness (QED) is 0.327. The maximum atomic E-state index is 10.9. The molecule has 0 fully saturated rings. The van der Waals surface area contributed by atoms with Crippen molar-refractivity contribution in [2.45, 2.75) is 0 Å². The topological polar surface area (TPSA) is 85.4 Å². The Morgan fingerprint density at radius 1 is 1.25 bits per heavy atom. The van der Waals surface area contributed by atoms with Gasteiger partial charge in [-0.3, -0.25) is 10.1 Å². The van der Waals surface area contributed by atoms with Gasteiger partial charge in [0.1, 0.15) is 11.5 Å². The van der Waals surface area contributed by atoms with E-state index in [0.717, 1.165) is 0 Å². The number of non-ortho nitro benzene ring substituents is 1. The third-order valence-corrected chi connectivity index (χ3v) is 3.91. The second-order valence-electron chi connectivity index (χ2n) is 4.71. The van der Waals surface area contributed by atoms with E-state index >= 15 is 0 Å². The minimum Gasteiger partial charge on any atom is -0.496 e. The number of benzene rings is 2. The van der Waals surface area contributed by atoms with Crippen molar-refractivity contribution in [1.29, 1.82) is 5.26 Å². The predicted octanol–water partition coefficient (Wildman–Crippen LogP) is 4.44. The molecular formula is C17H13BrN2O4. The summed E-state index contributed by atoms with van der Waals surface area (Å²) in [5.74, 6) is 1.12. The van der Waals surface area contributed by atoms with Crippen LogP contribution in [0.15, 0.2) is 40.9 Å². The van der Waals surface area contributed by atoms with E-state index in [1.54, 1.807) is 37.5 Å². The van der Waals surface area contributed by atoms with E-state index in [9.17, 15) is 15.4 Å². The Hall–Kier alpha value is -2.85.